The van der Waals surface area contributed by atoms with Gasteiger partial charge in [-0.1, -0.05) is 57.2 Å². The van der Waals surface area contributed by atoms with Crippen molar-refractivity contribution in [2.24, 2.45) is 0 Å². The molecule has 0 fully saturated rings. The van der Waals surface area contributed by atoms with Crippen LogP contribution in [0.25, 0.3) is 0 Å². The Morgan fingerprint density at radius 1 is 1.11 bits per heavy atom. The number of anilines is 1. The average Bonchev–Trinajstić information content (AvgIpc) is 2.83. The van der Waals surface area contributed by atoms with Crippen molar-refractivity contribution in [3.63, 3.8) is 0 Å². The fourth-order valence-electron chi connectivity index (χ4n) is 1.96. The molecule has 102 valence electrons. The third-order valence-electron chi connectivity index (χ3n) is 2.98. The van der Waals surface area contributed by atoms with E-state index in [-0.39, 0.29) is 5.41 Å². The summed E-state index contributed by atoms with van der Waals surface area (Å²) in [5.74, 6) is 0. The topological polar surface area (TPSA) is 37.8 Å². The number of nitrogens with zero attached hydrogens (tertiary/aromatic N) is 2. The van der Waals surface area contributed by atoms with Gasteiger partial charge in [-0.25, -0.2) is 0 Å². The van der Waals surface area contributed by atoms with Crippen LogP contribution in [0.2, 0.25) is 0 Å². The number of aromatic nitrogens is 2. The van der Waals surface area contributed by atoms with Gasteiger partial charge in [-0.3, -0.25) is 0 Å². The molecule has 0 aliphatic rings. The fraction of sp³-hybridized carbons (Fsp3) is 0.467. The number of hydrogen-bond acceptors (Lipinski definition) is 4. The van der Waals surface area contributed by atoms with E-state index in [1.807, 2.05) is 0 Å². The summed E-state index contributed by atoms with van der Waals surface area (Å²) in [6.45, 7) is 9.53. The molecule has 1 aromatic carbocycles. The minimum Gasteiger partial charge on any atom is -0.378 e. The summed E-state index contributed by atoms with van der Waals surface area (Å²) in [7, 11) is 0. The van der Waals surface area contributed by atoms with E-state index >= 15 is 0 Å². The molecule has 0 aliphatic heterocycles. The van der Waals surface area contributed by atoms with Gasteiger partial charge in [0.15, 0.2) is 0 Å². The molecule has 1 N–H and O–H groups in total. The maximum atomic E-state index is 4.20. The van der Waals surface area contributed by atoms with Crippen LogP contribution in [0.3, 0.4) is 0 Å². The Kier molecular flexibility index (Phi) is 4.20. The van der Waals surface area contributed by atoms with E-state index < -0.39 is 0 Å². The molecular formula is C15H21N3S. The predicted molar refractivity (Wildman–Crippen MR) is 81.8 cm³/mol. The Morgan fingerprint density at radius 3 is 2.42 bits per heavy atom. The van der Waals surface area contributed by atoms with E-state index in [9.17, 15) is 0 Å². The maximum Gasteiger partial charge on any atom is 0.136 e. The predicted octanol–water partition coefficient (Wildman–Crippen LogP) is 4.01. The van der Waals surface area contributed by atoms with Crippen LogP contribution < -0.4 is 5.32 Å². The van der Waals surface area contributed by atoms with Gasteiger partial charge in [0.1, 0.15) is 10.0 Å². The normalized spacial score (nSPS) is 11.6. The van der Waals surface area contributed by atoms with Crippen molar-refractivity contribution >= 4 is 17.0 Å². The van der Waals surface area contributed by atoms with E-state index in [1.54, 1.807) is 11.3 Å². The SMILES string of the molecule is CCc1nnc(CNc2ccccc2C(C)(C)C)s1. The van der Waals surface area contributed by atoms with E-state index in [0.29, 0.717) is 0 Å². The summed E-state index contributed by atoms with van der Waals surface area (Å²) in [6, 6.07) is 8.46. The minimum atomic E-state index is 0.138. The van der Waals surface area contributed by atoms with Gasteiger partial charge in [0.05, 0.1) is 6.54 Å². The highest BCUT2D eigenvalue weighted by atomic mass is 32.1. The number of nitrogens with one attached hydrogen (secondary N) is 1. The van der Waals surface area contributed by atoms with Crippen LogP contribution in [0.15, 0.2) is 24.3 Å². The number of para-hydroxylation sites is 1. The number of rotatable bonds is 4. The van der Waals surface area contributed by atoms with Crippen LogP contribution in [0.5, 0.6) is 0 Å². The van der Waals surface area contributed by atoms with Gasteiger partial charge in [0.2, 0.25) is 0 Å². The first kappa shape index (κ1) is 14.0. The molecule has 4 heteroatoms. The van der Waals surface area contributed by atoms with Crippen LogP contribution in [0.1, 0.15) is 43.3 Å². The summed E-state index contributed by atoms with van der Waals surface area (Å²) in [6.07, 6.45) is 0.955. The zero-order valence-corrected chi connectivity index (χ0v) is 12.8. The third-order valence-corrected chi connectivity index (χ3v) is 4.04. The van der Waals surface area contributed by atoms with Gasteiger partial charge in [0, 0.05) is 5.69 Å². The van der Waals surface area contributed by atoms with Gasteiger partial charge in [-0.2, -0.15) is 0 Å². The second-order valence-electron chi connectivity index (χ2n) is 5.59. The quantitative estimate of drug-likeness (QED) is 0.916. The Hall–Kier alpha value is -1.42. The van der Waals surface area contributed by atoms with Crippen molar-refractivity contribution in [1.29, 1.82) is 0 Å². The first-order valence-electron chi connectivity index (χ1n) is 6.65. The molecule has 3 nitrogen and oxygen atoms in total. The Balaban J connectivity index is 2.11. The molecule has 1 aromatic heterocycles. The molecule has 0 spiro atoms. The van der Waals surface area contributed by atoms with Crippen molar-refractivity contribution in [2.45, 2.75) is 46.1 Å². The molecule has 0 saturated heterocycles. The van der Waals surface area contributed by atoms with Crippen LogP contribution in [-0.2, 0) is 18.4 Å². The van der Waals surface area contributed by atoms with Crippen molar-refractivity contribution in [3.8, 4) is 0 Å². The lowest BCUT2D eigenvalue weighted by Gasteiger charge is -2.23. The second kappa shape index (κ2) is 5.70. The molecule has 0 unspecified atom stereocenters. The standard InChI is InChI=1S/C15H21N3S/c1-5-13-17-18-14(19-13)10-16-12-9-7-6-8-11(12)15(2,3)4/h6-9,16H,5,10H2,1-4H3. The highest BCUT2D eigenvalue weighted by Crippen LogP contribution is 2.29. The third kappa shape index (κ3) is 3.53. The van der Waals surface area contributed by atoms with E-state index in [2.05, 4.69) is 67.5 Å². The molecular weight excluding hydrogens is 254 g/mol. The minimum absolute atomic E-state index is 0.138. The lowest BCUT2D eigenvalue weighted by molar-refractivity contribution is 0.591. The van der Waals surface area contributed by atoms with E-state index in [0.717, 1.165) is 23.0 Å². The molecule has 1 heterocycles. The molecule has 2 rings (SSSR count). The maximum absolute atomic E-state index is 4.20. The van der Waals surface area contributed by atoms with Gasteiger partial charge in [0.25, 0.3) is 0 Å². The zero-order valence-electron chi connectivity index (χ0n) is 12.0. The van der Waals surface area contributed by atoms with E-state index in [4.69, 9.17) is 0 Å². The largest absolute Gasteiger partial charge is 0.378 e. The second-order valence-corrected chi connectivity index (χ2v) is 6.74. The van der Waals surface area contributed by atoms with Crippen molar-refractivity contribution in [1.82, 2.24) is 10.2 Å². The molecule has 19 heavy (non-hydrogen) atoms. The van der Waals surface area contributed by atoms with Crippen molar-refractivity contribution in [3.05, 3.63) is 39.8 Å². The Labute approximate surface area is 119 Å². The fourth-order valence-corrected chi connectivity index (χ4v) is 2.69. The van der Waals surface area contributed by atoms with Crippen molar-refractivity contribution in [2.75, 3.05) is 5.32 Å². The molecule has 0 radical (unpaired) electrons. The van der Waals surface area contributed by atoms with Gasteiger partial charge in [-0.15, -0.1) is 10.2 Å². The average molecular weight is 275 g/mol. The highest BCUT2D eigenvalue weighted by molar-refractivity contribution is 7.11. The van der Waals surface area contributed by atoms with Gasteiger partial charge in [-0.05, 0) is 23.5 Å². The monoisotopic (exact) mass is 275 g/mol. The molecule has 0 atom stereocenters. The molecule has 0 bridgehead atoms. The smallest absolute Gasteiger partial charge is 0.136 e. The molecule has 0 amide bonds. The summed E-state index contributed by atoms with van der Waals surface area (Å²) < 4.78 is 0. The Bertz CT molecular complexity index is 540. The zero-order chi connectivity index (χ0) is 13.9. The number of aryl methyl sites for hydroxylation is 1. The Morgan fingerprint density at radius 2 is 1.79 bits per heavy atom. The van der Waals surface area contributed by atoms with Crippen LogP contribution >= 0.6 is 11.3 Å². The summed E-state index contributed by atoms with van der Waals surface area (Å²) in [5.41, 5.74) is 2.65. The van der Waals surface area contributed by atoms with Crippen LogP contribution in [-0.4, -0.2) is 10.2 Å². The molecule has 0 aliphatic carbocycles. The first-order valence-corrected chi connectivity index (χ1v) is 7.47. The van der Waals surface area contributed by atoms with Gasteiger partial charge < -0.3 is 5.32 Å². The summed E-state index contributed by atoms with van der Waals surface area (Å²) in [4.78, 5) is 0. The van der Waals surface area contributed by atoms with Crippen LogP contribution in [0, 0.1) is 0 Å². The molecule has 2 aromatic rings. The van der Waals surface area contributed by atoms with Gasteiger partial charge >= 0.3 is 0 Å². The molecule has 0 saturated carbocycles. The summed E-state index contributed by atoms with van der Waals surface area (Å²) >= 11 is 1.68. The van der Waals surface area contributed by atoms with Crippen molar-refractivity contribution < 1.29 is 0 Å². The highest BCUT2D eigenvalue weighted by Gasteiger charge is 2.17. The number of hydrogen-bond donors (Lipinski definition) is 1. The number of benzene rings is 1. The lowest BCUT2D eigenvalue weighted by atomic mass is 9.86. The summed E-state index contributed by atoms with van der Waals surface area (Å²) in [5, 5.41) is 14.0. The van der Waals surface area contributed by atoms with Crippen LogP contribution in [0.4, 0.5) is 5.69 Å². The van der Waals surface area contributed by atoms with E-state index in [1.165, 1.54) is 11.3 Å². The first-order chi connectivity index (χ1) is 9.00. The lowest BCUT2D eigenvalue weighted by Crippen LogP contribution is -2.14.